The molecule has 0 aliphatic carbocycles. The molecule has 2 aromatic rings. The predicted octanol–water partition coefficient (Wildman–Crippen LogP) is 2.47. The third-order valence-electron chi connectivity index (χ3n) is 2.68. The number of nitrogens with zero attached hydrogens (tertiary/aromatic N) is 1. The van der Waals surface area contributed by atoms with Gasteiger partial charge in [0.25, 0.3) is 0 Å². The molecule has 5 nitrogen and oxygen atoms in total. The Balaban J connectivity index is 2.20. The van der Waals surface area contributed by atoms with Crippen molar-refractivity contribution in [1.29, 1.82) is 5.26 Å². The Labute approximate surface area is 116 Å². The number of fused-ring (bicyclic) bond motifs is 1. The molecule has 0 aliphatic rings. The second kappa shape index (κ2) is 6.73. The maximum atomic E-state index is 11.6. The zero-order chi connectivity index (χ0) is 14.4. The summed E-state index contributed by atoms with van der Waals surface area (Å²) in [5.41, 5.74) is -0.314. The first-order valence-electron chi connectivity index (χ1n) is 6.43. The van der Waals surface area contributed by atoms with Gasteiger partial charge in [-0.2, -0.15) is 5.26 Å². The monoisotopic (exact) mass is 273 g/mol. The van der Waals surface area contributed by atoms with Gasteiger partial charge in [-0.15, -0.1) is 0 Å². The zero-order valence-electron chi connectivity index (χ0n) is 11.2. The molecule has 0 N–H and O–H groups in total. The van der Waals surface area contributed by atoms with Crippen LogP contribution in [0.3, 0.4) is 0 Å². The molecule has 5 heteroatoms. The van der Waals surface area contributed by atoms with E-state index in [4.69, 9.17) is 19.2 Å². The molecule has 0 saturated heterocycles. The minimum Gasteiger partial charge on any atom is -0.487 e. The average Bonchev–Trinajstić information content (AvgIpc) is 2.46. The molecule has 1 aromatic carbocycles. The molecule has 0 saturated carbocycles. The molecule has 20 heavy (non-hydrogen) atoms. The van der Waals surface area contributed by atoms with Crippen molar-refractivity contribution < 1.29 is 13.9 Å². The molecule has 1 heterocycles. The van der Waals surface area contributed by atoms with E-state index < -0.39 is 5.63 Å². The Kier molecular flexibility index (Phi) is 4.75. The summed E-state index contributed by atoms with van der Waals surface area (Å²) in [5, 5.41) is 9.47. The molecular formula is C15H15NO4. The van der Waals surface area contributed by atoms with Gasteiger partial charge in [-0.3, -0.25) is 0 Å². The number of ether oxygens (including phenoxy) is 2. The van der Waals surface area contributed by atoms with Crippen LogP contribution in [0.1, 0.15) is 18.9 Å². The quantitative estimate of drug-likeness (QED) is 0.597. The number of rotatable bonds is 6. The summed E-state index contributed by atoms with van der Waals surface area (Å²) >= 11 is 0. The summed E-state index contributed by atoms with van der Waals surface area (Å²) in [5.74, 6) is 0.476. The lowest BCUT2D eigenvalue weighted by Gasteiger charge is -2.08. The van der Waals surface area contributed by atoms with E-state index >= 15 is 0 Å². The number of nitriles is 1. The van der Waals surface area contributed by atoms with Crippen molar-refractivity contribution in [2.75, 3.05) is 19.8 Å². The van der Waals surface area contributed by atoms with Gasteiger partial charge in [0, 0.05) is 12.0 Å². The van der Waals surface area contributed by atoms with Gasteiger partial charge in [-0.05, 0) is 18.6 Å². The van der Waals surface area contributed by atoms with Gasteiger partial charge in [-0.25, -0.2) is 4.79 Å². The van der Waals surface area contributed by atoms with Gasteiger partial charge in [0.05, 0.1) is 6.61 Å². The van der Waals surface area contributed by atoms with Crippen LogP contribution in [0.15, 0.2) is 33.5 Å². The van der Waals surface area contributed by atoms with Gasteiger partial charge in [0.15, 0.2) is 11.3 Å². The SMILES string of the molecule is CCCOCCOc1cccc2cc(C#N)c(=O)oc12. The first-order valence-corrected chi connectivity index (χ1v) is 6.43. The first-order chi connectivity index (χ1) is 9.76. The van der Waals surface area contributed by atoms with Crippen LogP contribution in [0.5, 0.6) is 5.75 Å². The smallest absolute Gasteiger partial charge is 0.354 e. The Morgan fingerprint density at radius 3 is 2.90 bits per heavy atom. The molecular weight excluding hydrogens is 258 g/mol. The molecule has 0 amide bonds. The van der Waals surface area contributed by atoms with Crippen LogP contribution in [-0.4, -0.2) is 19.8 Å². The lowest BCUT2D eigenvalue weighted by atomic mass is 10.2. The van der Waals surface area contributed by atoms with Crippen LogP contribution in [0.4, 0.5) is 0 Å². The number of hydrogen-bond donors (Lipinski definition) is 0. The van der Waals surface area contributed by atoms with E-state index in [-0.39, 0.29) is 5.56 Å². The number of hydrogen-bond acceptors (Lipinski definition) is 5. The fraction of sp³-hybridized carbons (Fsp3) is 0.333. The van der Waals surface area contributed by atoms with Crippen molar-refractivity contribution >= 4 is 11.0 Å². The molecule has 1 aromatic heterocycles. The van der Waals surface area contributed by atoms with Crippen LogP contribution >= 0.6 is 0 Å². The molecule has 0 spiro atoms. The number of benzene rings is 1. The fourth-order valence-corrected chi connectivity index (χ4v) is 1.77. The largest absolute Gasteiger partial charge is 0.487 e. The molecule has 0 aliphatic heterocycles. The summed E-state index contributed by atoms with van der Waals surface area (Å²) in [6.07, 6.45) is 0.958. The minimum absolute atomic E-state index is 0.0130. The third kappa shape index (κ3) is 3.16. The van der Waals surface area contributed by atoms with Crippen molar-refractivity contribution in [3.8, 4) is 11.8 Å². The van der Waals surface area contributed by atoms with Gasteiger partial charge >= 0.3 is 5.63 Å². The second-order valence-corrected chi connectivity index (χ2v) is 4.19. The molecule has 0 unspecified atom stereocenters. The van der Waals surface area contributed by atoms with E-state index in [0.29, 0.717) is 36.5 Å². The van der Waals surface area contributed by atoms with E-state index in [9.17, 15) is 4.79 Å². The van der Waals surface area contributed by atoms with E-state index in [1.807, 2.05) is 6.92 Å². The van der Waals surface area contributed by atoms with Gasteiger partial charge in [0.2, 0.25) is 0 Å². The lowest BCUT2D eigenvalue weighted by molar-refractivity contribution is 0.101. The molecule has 0 fully saturated rings. The van der Waals surface area contributed by atoms with E-state index in [0.717, 1.165) is 6.42 Å². The van der Waals surface area contributed by atoms with Crippen LogP contribution in [0, 0.1) is 11.3 Å². The normalized spacial score (nSPS) is 10.4. The summed E-state index contributed by atoms with van der Waals surface area (Å²) in [6, 6.07) is 8.57. The van der Waals surface area contributed by atoms with Gasteiger partial charge in [-0.1, -0.05) is 19.1 Å². The first kappa shape index (κ1) is 14.1. The van der Waals surface area contributed by atoms with Crippen molar-refractivity contribution in [1.82, 2.24) is 0 Å². The highest BCUT2D eigenvalue weighted by atomic mass is 16.5. The highest BCUT2D eigenvalue weighted by molar-refractivity contribution is 5.83. The summed E-state index contributed by atoms with van der Waals surface area (Å²) in [4.78, 5) is 11.6. The highest BCUT2D eigenvalue weighted by Gasteiger charge is 2.09. The van der Waals surface area contributed by atoms with Crippen molar-refractivity contribution in [3.63, 3.8) is 0 Å². The summed E-state index contributed by atoms with van der Waals surface area (Å²) in [7, 11) is 0. The molecule has 0 radical (unpaired) electrons. The maximum Gasteiger partial charge on any atom is 0.354 e. The van der Waals surface area contributed by atoms with Crippen molar-refractivity contribution in [2.45, 2.75) is 13.3 Å². The predicted molar refractivity (Wildman–Crippen MR) is 73.8 cm³/mol. The Morgan fingerprint density at radius 1 is 1.30 bits per heavy atom. The Bertz CT molecular complexity index is 684. The molecule has 0 bridgehead atoms. The lowest BCUT2D eigenvalue weighted by Crippen LogP contribution is -2.08. The number of para-hydroxylation sites is 1. The van der Waals surface area contributed by atoms with Crippen LogP contribution in [-0.2, 0) is 4.74 Å². The Morgan fingerprint density at radius 2 is 2.15 bits per heavy atom. The standard InChI is InChI=1S/C15H15NO4/c1-2-6-18-7-8-19-13-5-3-4-11-9-12(10-16)15(17)20-14(11)13/h3-5,9H,2,6-8H2,1H3. The third-order valence-corrected chi connectivity index (χ3v) is 2.68. The second-order valence-electron chi connectivity index (χ2n) is 4.19. The summed E-state index contributed by atoms with van der Waals surface area (Å²) in [6.45, 7) is 3.58. The van der Waals surface area contributed by atoms with Crippen LogP contribution in [0.2, 0.25) is 0 Å². The maximum absolute atomic E-state index is 11.6. The van der Waals surface area contributed by atoms with Crippen molar-refractivity contribution in [2.24, 2.45) is 0 Å². The minimum atomic E-state index is -0.654. The van der Waals surface area contributed by atoms with E-state index in [1.165, 1.54) is 6.07 Å². The van der Waals surface area contributed by atoms with Crippen LogP contribution < -0.4 is 10.4 Å². The summed E-state index contributed by atoms with van der Waals surface area (Å²) < 4.78 is 16.0. The fourth-order valence-electron chi connectivity index (χ4n) is 1.77. The van der Waals surface area contributed by atoms with Crippen molar-refractivity contribution in [3.05, 3.63) is 40.2 Å². The molecule has 104 valence electrons. The highest BCUT2D eigenvalue weighted by Crippen LogP contribution is 2.24. The topological polar surface area (TPSA) is 72.5 Å². The zero-order valence-corrected chi connectivity index (χ0v) is 11.2. The van der Waals surface area contributed by atoms with Crippen LogP contribution in [0.25, 0.3) is 11.0 Å². The van der Waals surface area contributed by atoms with E-state index in [1.54, 1.807) is 24.3 Å². The van der Waals surface area contributed by atoms with E-state index in [2.05, 4.69) is 0 Å². The van der Waals surface area contributed by atoms with Gasteiger partial charge < -0.3 is 13.9 Å². The molecule has 0 atom stereocenters. The van der Waals surface area contributed by atoms with Gasteiger partial charge in [0.1, 0.15) is 18.2 Å². The average molecular weight is 273 g/mol. The Hall–Kier alpha value is -2.32. The molecule has 2 rings (SSSR count).